The van der Waals surface area contributed by atoms with Gasteiger partial charge in [-0.1, -0.05) is 18.2 Å². The maximum absolute atomic E-state index is 13.6. The van der Waals surface area contributed by atoms with E-state index in [1.807, 2.05) is 0 Å². The average Bonchev–Trinajstić information content (AvgIpc) is 2.49. The van der Waals surface area contributed by atoms with Crippen molar-refractivity contribution in [3.05, 3.63) is 65.5 Å². The average molecular weight is 314 g/mol. The molecule has 2 aromatic carbocycles. The van der Waals surface area contributed by atoms with Gasteiger partial charge in [-0.15, -0.1) is 0 Å². The Kier molecular flexibility index (Phi) is 5.03. The molecule has 1 atom stereocenters. The molecular formula is C16H14F4O2. The van der Waals surface area contributed by atoms with Crippen LogP contribution in [-0.4, -0.2) is 18.3 Å². The van der Waals surface area contributed by atoms with E-state index in [-0.39, 0.29) is 19.0 Å². The lowest BCUT2D eigenvalue weighted by molar-refractivity contribution is -0.137. The molecule has 2 aromatic rings. The van der Waals surface area contributed by atoms with Crippen LogP contribution in [0.25, 0.3) is 0 Å². The molecule has 0 saturated carbocycles. The molecule has 6 heteroatoms. The van der Waals surface area contributed by atoms with Gasteiger partial charge < -0.3 is 9.84 Å². The highest BCUT2D eigenvalue weighted by molar-refractivity contribution is 5.29. The van der Waals surface area contributed by atoms with Gasteiger partial charge >= 0.3 is 6.18 Å². The van der Waals surface area contributed by atoms with E-state index in [0.29, 0.717) is 5.56 Å². The monoisotopic (exact) mass is 314 g/mol. The van der Waals surface area contributed by atoms with Crippen molar-refractivity contribution in [2.45, 2.75) is 12.1 Å². The van der Waals surface area contributed by atoms with Crippen LogP contribution < -0.4 is 4.74 Å². The van der Waals surface area contributed by atoms with Crippen molar-refractivity contribution in [1.29, 1.82) is 0 Å². The molecule has 0 aliphatic rings. The number of hydrogen-bond donors (Lipinski definition) is 1. The first-order valence-corrected chi connectivity index (χ1v) is 6.57. The van der Waals surface area contributed by atoms with Crippen LogP contribution in [0.4, 0.5) is 17.6 Å². The zero-order chi connectivity index (χ0) is 16.2. The minimum absolute atomic E-state index is 0.0389. The predicted molar refractivity (Wildman–Crippen MR) is 73.2 cm³/mol. The van der Waals surface area contributed by atoms with Gasteiger partial charge in [-0.3, -0.25) is 0 Å². The second-order valence-corrected chi connectivity index (χ2v) is 4.73. The topological polar surface area (TPSA) is 29.5 Å². The van der Waals surface area contributed by atoms with Gasteiger partial charge in [0.2, 0.25) is 0 Å². The van der Waals surface area contributed by atoms with Crippen molar-refractivity contribution in [3.63, 3.8) is 0 Å². The second kappa shape index (κ2) is 6.79. The third-order valence-electron chi connectivity index (χ3n) is 3.20. The molecule has 0 aliphatic heterocycles. The van der Waals surface area contributed by atoms with Crippen LogP contribution in [0.5, 0.6) is 5.75 Å². The lowest BCUT2D eigenvalue weighted by Crippen LogP contribution is -2.15. The fourth-order valence-electron chi connectivity index (χ4n) is 1.98. The summed E-state index contributed by atoms with van der Waals surface area (Å²) in [5.41, 5.74) is -0.468. The van der Waals surface area contributed by atoms with Crippen LogP contribution in [0.2, 0.25) is 0 Å². The van der Waals surface area contributed by atoms with E-state index in [2.05, 4.69) is 0 Å². The number of halogens is 4. The van der Waals surface area contributed by atoms with Crippen LogP contribution in [0.3, 0.4) is 0 Å². The third-order valence-corrected chi connectivity index (χ3v) is 3.20. The Morgan fingerprint density at radius 3 is 2.18 bits per heavy atom. The fourth-order valence-corrected chi connectivity index (χ4v) is 1.98. The predicted octanol–water partition coefficient (Wildman–Crippen LogP) is 4.00. The van der Waals surface area contributed by atoms with Gasteiger partial charge in [-0.2, -0.15) is 13.2 Å². The first-order valence-electron chi connectivity index (χ1n) is 6.57. The molecule has 0 aliphatic carbocycles. The van der Waals surface area contributed by atoms with E-state index >= 15 is 0 Å². The molecule has 0 fully saturated rings. The van der Waals surface area contributed by atoms with E-state index in [1.165, 1.54) is 30.3 Å². The minimum atomic E-state index is -4.40. The number of hydrogen-bond acceptors (Lipinski definition) is 2. The molecule has 22 heavy (non-hydrogen) atoms. The molecule has 1 N–H and O–H groups in total. The van der Waals surface area contributed by atoms with Crippen LogP contribution in [-0.2, 0) is 6.18 Å². The molecule has 0 spiro atoms. The van der Waals surface area contributed by atoms with E-state index in [4.69, 9.17) is 4.74 Å². The Hall–Kier alpha value is -2.08. The molecule has 118 valence electrons. The Balaban J connectivity index is 2.04. The normalized spacial score (nSPS) is 13.0. The number of aliphatic hydroxyl groups excluding tert-OH is 1. The summed E-state index contributed by atoms with van der Waals surface area (Å²) >= 11 is 0. The third kappa shape index (κ3) is 3.98. The van der Waals surface area contributed by atoms with Gasteiger partial charge in [0.25, 0.3) is 0 Å². The summed E-state index contributed by atoms with van der Waals surface area (Å²) in [7, 11) is 0. The maximum Gasteiger partial charge on any atom is 0.416 e. The number of aliphatic hydroxyl groups is 1. The van der Waals surface area contributed by atoms with Crippen LogP contribution in [0, 0.1) is 5.82 Å². The van der Waals surface area contributed by atoms with Gasteiger partial charge in [-0.25, -0.2) is 4.39 Å². The SMILES string of the molecule is OCC(COc1ccc(C(F)(F)F)cc1)c1ccccc1F. The number of ether oxygens (including phenoxy) is 1. The van der Waals surface area contributed by atoms with Crippen molar-refractivity contribution >= 4 is 0 Å². The standard InChI is InChI=1S/C16H14F4O2/c17-15-4-2-1-3-14(15)11(9-21)10-22-13-7-5-12(6-8-13)16(18,19)20/h1-8,11,21H,9-10H2. The van der Waals surface area contributed by atoms with Gasteiger partial charge in [-0.05, 0) is 35.9 Å². The first-order chi connectivity index (χ1) is 10.4. The molecule has 2 nitrogen and oxygen atoms in total. The van der Waals surface area contributed by atoms with Crippen LogP contribution >= 0.6 is 0 Å². The molecule has 0 aromatic heterocycles. The Morgan fingerprint density at radius 1 is 1.00 bits per heavy atom. The summed E-state index contributed by atoms with van der Waals surface area (Å²) in [6.07, 6.45) is -4.40. The van der Waals surface area contributed by atoms with Crippen molar-refractivity contribution < 1.29 is 27.4 Å². The fraction of sp³-hybridized carbons (Fsp3) is 0.250. The van der Waals surface area contributed by atoms with Gasteiger partial charge in [0, 0.05) is 5.92 Å². The number of benzene rings is 2. The summed E-state index contributed by atoms with van der Waals surface area (Å²) in [5.74, 6) is -0.830. The lowest BCUT2D eigenvalue weighted by atomic mass is 10.0. The quantitative estimate of drug-likeness (QED) is 0.845. The smallest absolute Gasteiger partial charge is 0.416 e. The Labute approximate surface area is 125 Å². The molecule has 1 unspecified atom stereocenters. The summed E-state index contributed by atoms with van der Waals surface area (Å²) in [5, 5.41) is 9.34. The highest BCUT2D eigenvalue weighted by atomic mass is 19.4. The number of rotatable bonds is 5. The zero-order valence-electron chi connectivity index (χ0n) is 11.5. The summed E-state index contributed by atoms with van der Waals surface area (Å²) in [6.45, 7) is -0.371. The molecule has 0 bridgehead atoms. The number of alkyl halides is 3. The molecule has 0 radical (unpaired) electrons. The maximum atomic E-state index is 13.6. The molecule has 2 rings (SSSR count). The zero-order valence-corrected chi connectivity index (χ0v) is 11.5. The largest absolute Gasteiger partial charge is 0.493 e. The highest BCUT2D eigenvalue weighted by Gasteiger charge is 2.30. The molecular weight excluding hydrogens is 300 g/mol. The first kappa shape index (κ1) is 16.3. The van der Waals surface area contributed by atoms with Crippen LogP contribution in [0.15, 0.2) is 48.5 Å². The highest BCUT2D eigenvalue weighted by Crippen LogP contribution is 2.30. The van der Waals surface area contributed by atoms with Gasteiger partial charge in [0.05, 0.1) is 18.8 Å². The van der Waals surface area contributed by atoms with E-state index in [0.717, 1.165) is 12.1 Å². The van der Waals surface area contributed by atoms with E-state index in [1.54, 1.807) is 6.07 Å². The summed E-state index contributed by atoms with van der Waals surface area (Å²) < 4.78 is 56.3. The Morgan fingerprint density at radius 2 is 1.64 bits per heavy atom. The van der Waals surface area contributed by atoms with Crippen molar-refractivity contribution in [2.75, 3.05) is 13.2 Å². The molecule has 0 saturated heterocycles. The summed E-state index contributed by atoms with van der Waals surface area (Å²) in [6, 6.07) is 10.2. The van der Waals surface area contributed by atoms with E-state index in [9.17, 15) is 22.7 Å². The van der Waals surface area contributed by atoms with E-state index < -0.39 is 23.5 Å². The van der Waals surface area contributed by atoms with Crippen LogP contribution in [0.1, 0.15) is 17.0 Å². The second-order valence-electron chi connectivity index (χ2n) is 4.73. The Bertz CT molecular complexity index is 608. The van der Waals surface area contributed by atoms with Crippen molar-refractivity contribution in [1.82, 2.24) is 0 Å². The summed E-state index contributed by atoms with van der Waals surface area (Å²) in [4.78, 5) is 0. The van der Waals surface area contributed by atoms with Gasteiger partial charge in [0.15, 0.2) is 0 Å². The van der Waals surface area contributed by atoms with Crippen molar-refractivity contribution in [2.24, 2.45) is 0 Å². The minimum Gasteiger partial charge on any atom is -0.493 e. The lowest BCUT2D eigenvalue weighted by Gasteiger charge is -2.16. The molecule has 0 heterocycles. The molecule has 0 amide bonds. The van der Waals surface area contributed by atoms with Crippen molar-refractivity contribution in [3.8, 4) is 5.75 Å². The van der Waals surface area contributed by atoms with Gasteiger partial charge in [0.1, 0.15) is 11.6 Å².